The molecule has 0 spiro atoms. The van der Waals surface area contributed by atoms with Crippen molar-refractivity contribution in [1.82, 2.24) is 19.3 Å². The summed E-state index contributed by atoms with van der Waals surface area (Å²) in [6, 6.07) is 4.19. The highest BCUT2D eigenvalue weighted by molar-refractivity contribution is 6.07. The number of ketones is 1. The van der Waals surface area contributed by atoms with Crippen molar-refractivity contribution in [2.45, 2.75) is 6.54 Å². The third-order valence-electron chi connectivity index (χ3n) is 3.72. The molecule has 0 atom stereocenters. The molecule has 0 amide bonds. The van der Waals surface area contributed by atoms with Crippen molar-refractivity contribution in [3.63, 3.8) is 0 Å². The first-order valence-electron chi connectivity index (χ1n) is 7.70. The Bertz CT molecular complexity index is 961. The van der Waals surface area contributed by atoms with Crippen LogP contribution >= 0.6 is 0 Å². The maximum atomic E-state index is 12.5. The van der Waals surface area contributed by atoms with E-state index in [1.165, 1.54) is 35.3 Å². The highest BCUT2D eigenvalue weighted by atomic mass is 16.6. The Balaban J connectivity index is 1.90. The summed E-state index contributed by atoms with van der Waals surface area (Å²) in [5.74, 6) is -0.201. The molecule has 0 bridgehead atoms. The lowest BCUT2D eigenvalue weighted by Crippen LogP contribution is -2.09. The number of aliphatic hydroxyl groups excluding tert-OH is 1. The Morgan fingerprint density at radius 1 is 1.42 bits per heavy atom. The number of imidazole rings is 1. The number of benzene rings is 1. The number of hydrogen-bond donors (Lipinski definition) is 2. The van der Waals surface area contributed by atoms with Crippen LogP contribution in [-0.2, 0) is 13.6 Å². The number of aliphatic hydroxyl groups is 1. The molecule has 0 aliphatic rings. The zero-order valence-corrected chi connectivity index (χ0v) is 13.9. The van der Waals surface area contributed by atoms with Crippen LogP contribution in [0.3, 0.4) is 0 Å². The highest BCUT2D eigenvalue weighted by Gasteiger charge is 2.21. The third kappa shape index (κ3) is 3.44. The monoisotopic (exact) mass is 356 g/mol. The zero-order chi connectivity index (χ0) is 18.7. The maximum absolute atomic E-state index is 12.5. The predicted molar refractivity (Wildman–Crippen MR) is 92.3 cm³/mol. The van der Waals surface area contributed by atoms with Crippen molar-refractivity contribution < 1.29 is 14.8 Å². The quantitative estimate of drug-likeness (QED) is 0.373. The van der Waals surface area contributed by atoms with Gasteiger partial charge < -0.3 is 15.0 Å². The molecule has 3 aromatic rings. The molecule has 2 aromatic heterocycles. The Labute approximate surface area is 147 Å². The number of rotatable bonds is 7. The van der Waals surface area contributed by atoms with Crippen LogP contribution in [0.15, 0.2) is 43.0 Å². The van der Waals surface area contributed by atoms with Crippen LogP contribution in [0.25, 0.3) is 0 Å². The molecule has 0 aliphatic carbocycles. The molecule has 134 valence electrons. The van der Waals surface area contributed by atoms with Gasteiger partial charge in [-0.15, -0.1) is 0 Å². The number of nitro groups is 1. The molecule has 1 aromatic carbocycles. The van der Waals surface area contributed by atoms with Gasteiger partial charge >= 0.3 is 0 Å². The summed E-state index contributed by atoms with van der Waals surface area (Å²) in [5.41, 5.74) is 0.701. The van der Waals surface area contributed by atoms with Crippen LogP contribution in [0, 0.1) is 10.1 Å². The summed E-state index contributed by atoms with van der Waals surface area (Å²) in [6.07, 6.45) is 6.22. The Morgan fingerprint density at radius 3 is 2.88 bits per heavy atom. The third-order valence-corrected chi connectivity index (χ3v) is 3.72. The van der Waals surface area contributed by atoms with Gasteiger partial charge in [0.05, 0.1) is 30.0 Å². The fourth-order valence-electron chi connectivity index (χ4n) is 2.45. The van der Waals surface area contributed by atoms with Crippen LogP contribution in [0.4, 0.5) is 17.1 Å². The molecule has 10 nitrogen and oxygen atoms in total. The van der Waals surface area contributed by atoms with Gasteiger partial charge in [0.25, 0.3) is 5.69 Å². The van der Waals surface area contributed by atoms with Crippen molar-refractivity contribution in [1.29, 1.82) is 0 Å². The topological polar surface area (TPSA) is 128 Å². The van der Waals surface area contributed by atoms with Crippen molar-refractivity contribution in [3.05, 3.63) is 64.5 Å². The second-order valence-electron chi connectivity index (χ2n) is 5.52. The maximum Gasteiger partial charge on any atom is 0.293 e. The number of nitrogens with zero attached hydrogens (tertiary/aromatic N) is 5. The summed E-state index contributed by atoms with van der Waals surface area (Å²) in [4.78, 5) is 27.3. The molecule has 2 N–H and O–H groups in total. The number of nitrogens with one attached hydrogen (secondary N) is 1. The number of anilines is 2. The van der Waals surface area contributed by atoms with E-state index in [1.54, 1.807) is 24.0 Å². The number of hydrogen-bond acceptors (Lipinski definition) is 7. The van der Waals surface area contributed by atoms with E-state index in [-0.39, 0.29) is 29.4 Å². The van der Waals surface area contributed by atoms with Crippen LogP contribution in [0.2, 0.25) is 0 Å². The van der Waals surface area contributed by atoms with E-state index in [0.29, 0.717) is 12.2 Å². The molecule has 10 heteroatoms. The average molecular weight is 356 g/mol. The fraction of sp³-hybridized carbons (Fsp3) is 0.188. The smallest absolute Gasteiger partial charge is 0.293 e. The Hall–Kier alpha value is -3.53. The summed E-state index contributed by atoms with van der Waals surface area (Å²) in [6.45, 7) is 0.256. The lowest BCUT2D eigenvalue weighted by atomic mass is 10.1. The van der Waals surface area contributed by atoms with Crippen molar-refractivity contribution in [3.8, 4) is 0 Å². The van der Waals surface area contributed by atoms with Crippen LogP contribution in [-0.4, -0.2) is 41.8 Å². The molecule has 0 aliphatic heterocycles. The minimum absolute atomic E-state index is 0.0642. The van der Waals surface area contributed by atoms with E-state index in [1.807, 2.05) is 0 Å². The van der Waals surface area contributed by atoms with Gasteiger partial charge in [-0.1, -0.05) is 0 Å². The van der Waals surface area contributed by atoms with Crippen LogP contribution in [0.5, 0.6) is 0 Å². The lowest BCUT2D eigenvalue weighted by Gasteiger charge is -2.07. The normalized spacial score (nSPS) is 10.7. The van der Waals surface area contributed by atoms with Crippen molar-refractivity contribution in [2.75, 3.05) is 11.9 Å². The fourth-order valence-corrected chi connectivity index (χ4v) is 2.45. The van der Waals surface area contributed by atoms with E-state index in [9.17, 15) is 14.9 Å². The van der Waals surface area contributed by atoms with Crippen molar-refractivity contribution in [2.24, 2.45) is 7.05 Å². The Kier molecular flexibility index (Phi) is 4.76. The summed E-state index contributed by atoms with van der Waals surface area (Å²) < 4.78 is 3.06. The Morgan fingerprint density at radius 2 is 2.23 bits per heavy atom. The largest absolute Gasteiger partial charge is 0.394 e. The number of carbonyl (C=O) groups excluding carboxylic acids is 1. The van der Waals surface area contributed by atoms with Crippen LogP contribution in [0.1, 0.15) is 16.2 Å². The molecular weight excluding hydrogens is 340 g/mol. The molecule has 0 unspecified atom stereocenters. The first kappa shape index (κ1) is 17.3. The summed E-state index contributed by atoms with van der Waals surface area (Å²) >= 11 is 0. The molecular formula is C16H16N6O4. The van der Waals surface area contributed by atoms with Gasteiger partial charge in [0, 0.05) is 37.3 Å². The van der Waals surface area contributed by atoms with E-state index >= 15 is 0 Å². The number of aromatic nitrogens is 4. The van der Waals surface area contributed by atoms with Crippen molar-refractivity contribution >= 4 is 22.8 Å². The molecule has 3 rings (SSSR count). The van der Waals surface area contributed by atoms with Gasteiger partial charge in [-0.3, -0.25) is 19.6 Å². The van der Waals surface area contributed by atoms with E-state index < -0.39 is 10.7 Å². The minimum atomic E-state index is -0.560. The minimum Gasteiger partial charge on any atom is -0.394 e. The average Bonchev–Trinajstić information content (AvgIpc) is 3.23. The number of aryl methyl sites for hydroxylation is 1. The molecule has 0 saturated heterocycles. The summed E-state index contributed by atoms with van der Waals surface area (Å²) in [5, 5.41) is 27.3. The summed E-state index contributed by atoms with van der Waals surface area (Å²) in [7, 11) is 1.68. The van der Waals surface area contributed by atoms with Gasteiger partial charge in [-0.2, -0.15) is 5.10 Å². The molecule has 0 radical (unpaired) electrons. The van der Waals surface area contributed by atoms with Crippen LogP contribution < -0.4 is 5.32 Å². The van der Waals surface area contributed by atoms with Gasteiger partial charge in [0.2, 0.25) is 5.78 Å². The lowest BCUT2D eigenvalue weighted by molar-refractivity contribution is -0.383. The van der Waals surface area contributed by atoms with Gasteiger partial charge in [-0.05, 0) is 12.1 Å². The standard InChI is InChI=1S/C16H16N6O4/c1-20-5-4-17-16(20)15(24)11-2-3-13(14(8-11)22(25)26)19-12-9-18-21(10-12)6-7-23/h2-5,8-10,19,23H,6-7H2,1H3. The predicted octanol–water partition coefficient (Wildman–Crippen LogP) is 1.49. The SMILES string of the molecule is Cn1ccnc1C(=O)c1ccc(Nc2cnn(CCO)c2)c([N+](=O)[O-])c1. The molecule has 2 heterocycles. The number of carbonyl (C=O) groups is 1. The highest BCUT2D eigenvalue weighted by Crippen LogP contribution is 2.29. The first-order valence-corrected chi connectivity index (χ1v) is 7.70. The molecule has 0 fully saturated rings. The van der Waals surface area contributed by atoms with Gasteiger partial charge in [0.15, 0.2) is 5.82 Å². The van der Waals surface area contributed by atoms with E-state index in [0.717, 1.165) is 0 Å². The molecule has 0 saturated carbocycles. The second-order valence-corrected chi connectivity index (χ2v) is 5.52. The second kappa shape index (κ2) is 7.15. The van der Waals surface area contributed by atoms with Gasteiger partial charge in [0.1, 0.15) is 5.69 Å². The number of nitro benzene ring substituents is 1. The van der Waals surface area contributed by atoms with Gasteiger partial charge in [-0.25, -0.2) is 4.98 Å². The molecule has 26 heavy (non-hydrogen) atoms. The first-order chi connectivity index (χ1) is 12.5. The van der Waals surface area contributed by atoms with E-state index in [4.69, 9.17) is 5.11 Å². The zero-order valence-electron chi connectivity index (χ0n) is 13.9. The van der Waals surface area contributed by atoms with E-state index in [2.05, 4.69) is 15.4 Å².